The molecule has 3 N–H and O–H groups in total. The van der Waals surface area contributed by atoms with Crippen molar-refractivity contribution in [1.82, 2.24) is 10.3 Å². The second-order valence-corrected chi connectivity index (χ2v) is 4.26. The highest BCUT2D eigenvalue weighted by Gasteiger charge is 2.24. The van der Waals surface area contributed by atoms with Gasteiger partial charge in [0, 0.05) is 18.9 Å². The lowest BCUT2D eigenvalue weighted by molar-refractivity contribution is 0.0629. The number of ether oxygens (including phenoxy) is 1. The van der Waals surface area contributed by atoms with Gasteiger partial charge >= 0.3 is 0 Å². The molecular weight excluding hydrogens is 214 g/mol. The van der Waals surface area contributed by atoms with E-state index in [-0.39, 0.29) is 12.1 Å². The second kappa shape index (κ2) is 6.57. The fourth-order valence-electron chi connectivity index (χ4n) is 2.22. The van der Waals surface area contributed by atoms with E-state index in [2.05, 4.69) is 24.1 Å². The number of hydrogen-bond donors (Lipinski definition) is 2. The number of nitrogen functional groups attached to an aromatic ring is 1. The molecule has 0 aromatic carbocycles. The molecule has 2 unspecified atom stereocenters. The molecule has 1 heterocycles. The molecule has 4 heteroatoms. The number of nitrogens with two attached hydrogens (primary N) is 1. The van der Waals surface area contributed by atoms with Crippen LogP contribution in [-0.4, -0.2) is 25.2 Å². The van der Waals surface area contributed by atoms with Crippen LogP contribution in [0, 0.1) is 6.92 Å². The summed E-state index contributed by atoms with van der Waals surface area (Å²) in [4.78, 5) is 4.17. The SMILES string of the molecule is CCCC(OC)C(NC)c1c(C)ccnc1N. The van der Waals surface area contributed by atoms with Crippen LogP contribution in [0.5, 0.6) is 0 Å². The Bertz CT molecular complexity index is 334. The summed E-state index contributed by atoms with van der Waals surface area (Å²) >= 11 is 0. The topological polar surface area (TPSA) is 60.2 Å². The Balaban J connectivity index is 3.07. The molecule has 0 spiro atoms. The summed E-state index contributed by atoms with van der Waals surface area (Å²) in [7, 11) is 3.67. The number of aromatic nitrogens is 1. The predicted octanol–water partition coefficient (Wildman–Crippen LogP) is 2.05. The zero-order valence-corrected chi connectivity index (χ0v) is 11.2. The third kappa shape index (κ3) is 3.17. The lowest BCUT2D eigenvalue weighted by Gasteiger charge is -2.27. The normalized spacial score (nSPS) is 14.6. The summed E-state index contributed by atoms with van der Waals surface area (Å²) in [5.41, 5.74) is 8.18. The highest BCUT2D eigenvalue weighted by Crippen LogP contribution is 2.28. The maximum absolute atomic E-state index is 5.98. The van der Waals surface area contributed by atoms with Crippen molar-refractivity contribution in [3.63, 3.8) is 0 Å². The van der Waals surface area contributed by atoms with Crippen LogP contribution in [-0.2, 0) is 4.74 Å². The number of hydrogen-bond acceptors (Lipinski definition) is 4. The van der Waals surface area contributed by atoms with E-state index in [9.17, 15) is 0 Å². The van der Waals surface area contributed by atoms with Crippen LogP contribution >= 0.6 is 0 Å². The largest absolute Gasteiger partial charge is 0.383 e. The Labute approximate surface area is 104 Å². The van der Waals surface area contributed by atoms with Crippen molar-refractivity contribution in [2.75, 3.05) is 19.9 Å². The van der Waals surface area contributed by atoms with Crippen molar-refractivity contribution in [3.05, 3.63) is 23.4 Å². The van der Waals surface area contributed by atoms with E-state index in [4.69, 9.17) is 10.5 Å². The van der Waals surface area contributed by atoms with Gasteiger partial charge in [0.2, 0.25) is 0 Å². The summed E-state index contributed by atoms with van der Waals surface area (Å²) in [5, 5.41) is 3.29. The van der Waals surface area contributed by atoms with E-state index < -0.39 is 0 Å². The number of anilines is 1. The summed E-state index contributed by atoms with van der Waals surface area (Å²) < 4.78 is 5.56. The van der Waals surface area contributed by atoms with Crippen LogP contribution in [0.1, 0.15) is 36.9 Å². The molecule has 0 aliphatic heterocycles. The first-order valence-electron chi connectivity index (χ1n) is 6.06. The minimum absolute atomic E-state index is 0.0913. The number of likely N-dealkylation sites (N-methyl/N-ethyl adjacent to an activating group) is 1. The van der Waals surface area contributed by atoms with Crippen molar-refractivity contribution in [2.45, 2.75) is 38.8 Å². The maximum Gasteiger partial charge on any atom is 0.128 e. The highest BCUT2D eigenvalue weighted by molar-refractivity contribution is 5.46. The van der Waals surface area contributed by atoms with E-state index in [0.29, 0.717) is 5.82 Å². The fraction of sp³-hybridized carbons (Fsp3) is 0.615. The molecular formula is C13H23N3O. The van der Waals surface area contributed by atoms with E-state index in [1.54, 1.807) is 13.3 Å². The average Bonchev–Trinajstić information content (AvgIpc) is 2.32. The smallest absolute Gasteiger partial charge is 0.128 e. The Morgan fingerprint density at radius 1 is 1.53 bits per heavy atom. The minimum atomic E-state index is 0.0913. The fourth-order valence-corrected chi connectivity index (χ4v) is 2.22. The van der Waals surface area contributed by atoms with E-state index >= 15 is 0 Å². The first-order chi connectivity index (χ1) is 8.15. The van der Waals surface area contributed by atoms with Crippen molar-refractivity contribution in [3.8, 4) is 0 Å². The molecule has 17 heavy (non-hydrogen) atoms. The van der Waals surface area contributed by atoms with Gasteiger partial charge in [0.15, 0.2) is 0 Å². The Hall–Kier alpha value is -1.13. The summed E-state index contributed by atoms with van der Waals surface area (Å²) in [6, 6.07) is 2.07. The van der Waals surface area contributed by atoms with Crippen molar-refractivity contribution in [1.29, 1.82) is 0 Å². The molecule has 0 aliphatic carbocycles. The van der Waals surface area contributed by atoms with E-state index in [0.717, 1.165) is 24.0 Å². The Morgan fingerprint density at radius 2 is 2.24 bits per heavy atom. The molecule has 4 nitrogen and oxygen atoms in total. The zero-order chi connectivity index (χ0) is 12.8. The van der Waals surface area contributed by atoms with Gasteiger partial charge < -0.3 is 15.8 Å². The van der Waals surface area contributed by atoms with Gasteiger partial charge in [0.05, 0.1) is 12.1 Å². The van der Waals surface area contributed by atoms with Crippen molar-refractivity contribution >= 4 is 5.82 Å². The monoisotopic (exact) mass is 237 g/mol. The molecule has 0 amide bonds. The van der Waals surface area contributed by atoms with E-state index in [1.807, 2.05) is 13.1 Å². The maximum atomic E-state index is 5.98. The molecule has 0 aliphatic rings. The van der Waals surface area contributed by atoms with Crippen molar-refractivity contribution in [2.24, 2.45) is 0 Å². The molecule has 0 bridgehead atoms. The Kier molecular flexibility index (Phi) is 5.38. The van der Waals surface area contributed by atoms with Gasteiger partial charge in [-0.2, -0.15) is 0 Å². The van der Waals surface area contributed by atoms with Crippen LogP contribution in [0.3, 0.4) is 0 Å². The van der Waals surface area contributed by atoms with Gasteiger partial charge in [0.1, 0.15) is 5.82 Å². The molecule has 0 radical (unpaired) electrons. The molecule has 1 aromatic heterocycles. The van der Waals surface area contributed by atoms with Crippen LogP contribution in [0.15, 0.2) is 12.3 Å². The molecule has 0 fully saturated rings. The number of rotatable bonds is 6. The number of nitrogens with zero attached hydrogens (tertiary/aromatic N) is 1. The van der Waals surface area contributed by atoms with Gasteiger partial charge in [0.25, 0.3) is 0 Å². The van der Waals surface area contributed by atoms with Crippen LogP contribution < -0.4 is 11.1 Å². The number of pyridine rings is 1. The van der Waals surface area contributed by atoms with Crippen LogP contribution in [0.2, 0.25) is 0 Å². The third-order valence-electron chi connectivity index (χ3n) is 3.11. The zero-order valence-electron chi connectivity index (χ0n) is 11.2. The average molecular weight is 237 g/mol. The Morgan fingerprint density at radius 3 is 2.71 bits per heavy atom. The second-order valence-electron chi connectivity index (χ2n) is 4.26. The first-order valence-corrected chi connectivity index (χ1v) is 6.06. The number of methoxy groups -OCH3 is 1. The van der Waals surface area contributed by atoms with Gasteiger partial charge in [-0.1, -0.05) is 13.3 Å². The summed E-state index contributed by atoms with van der Waals surface area (Å²) in [5.74, 6) is 0.586. The molecule has 0 saturated carbocycles. The van der Waals surface area contributed by atoms with Gasteiger partial charge in [-0.25, -0.2) is 4.98 Å². The lowest BCUT2D eigenvalue weighted by atomic mass is 9.95. The van der Waals surface area contributed by atoms with E-state index in [1.165, 1.54) is 0 Å². The number of nitrogens with one attached hydrogen (secondary N) is 1. The van der Waals surface area contributed by atoms with Crippen molar-refractivity contribution < 1.29 is 4.74 Å². The summed E-state index contributed by atoms with van der Waals surface area (Å²) in [6.45, 7) is 4.20. The summed E-state index contributed by atoms with van der Waals surface area (Å²) in [6.07, 6.45) is 3.93. The standard InChI is InChI=1S/C13H23N3O/c1-5-6-10(17-4)12(15-3)11-9(2)7-8-16-13(11)14/h7-8,10,12,15H,5-6H2,1-4H3,(H2,14,16). The van der Waals surface area contributed by atoms with Crippen LogP contribution in [0.4, 0.5) is 5.82 Å². The molecule has 96 valence electrons. The molecule has 1 aromatic rings. The molecule has 2 atom stereocenters. The lowest BCUT2D eigenvalue weighted by Crippen LogP contribution is -2.32. The minimum Gasteiger partial charge on any atom is -0.383 e. The van der Waals surface area contributed by atoms with Gasteiger partial charge in [-0.15, -0.1) is 0 Å². The predicted molar refractivity (Wildman–Crippen MR) is 70.9 cm³/mol. The number of aryl methyl sites for hydroxylation is 1. The third-order valence-corrected chi connectivity index (χ3v) is 3.11. The molecule has 0 saturated heterocycles. The quantitative estimate of drug-likeness (QED) is 0.795. The molecule has 1 rings (SSSR count). The van der Waals surface area contributed by atoms with Gasteiger partial charge in [-0.05, 0) is 32.0 Å². The van der Waals surface area contributed by atoms with Gasteiger partial charge in [-0.3, -0.25) is 0 Å². The first kappa shape index (κ1) is 13.9. The highest BCUT2D eigenvalue weighted by atomic mass is 16.5. The van der Waals surface area contributed by atoms with Crippen LogP contribution in [0.25, 0.3) is 0 Å².